The molecule has 0 spiro atoms. The molecule has 2 aromatic carbocycles. The lowest BCUT2D eigenvalue weighted by Crippen LogP contribution is -2.49. The molecule has 0 saturated carbocycles. The molecule has 2 N–H and O–H groups in total. The molecule has 0 bridgehead atoms. The van der Waals surface area contributed by atoms with Gasteiger partial charge in [0.2, 0.25) is 0 Å². The maximum Gasteiger partial charge on any atom is 0.337 e. The van der Waals surface area contributed by atoms with Crippen LogP contribution in [0.3, 0.4) is 0 Å². The highest BCUT2D eigenvalue weighted by molar-refractivity contribution is 8.05. The van der Waals surface area contributed by atoms with Gasteiger partial charge in [0, 0.05) is 5.70 Å². The number of nitrogens with one attached hydrogen (secondary N) is 1. The number of aromatic hydroxyl groups is 1. The number of ether oxygens (including phenoxy) is 3. The Morgan fingerprint density at radius 2 is 1.86 bits per heavy atom. The Labute approximate surface area is 208 Å². The number of carbonyl (C=O) groups excluding carboxylic acids is 2. The van der Waals surface area contributed by atoms with Crippen LogP contribution in [-0.2, 0) is 14.3 Å². The summed E-state index contributed by atoms with van der Waals surface area (Å²) in [6, 6.07) is 11.3. The lowest BCUT2D eigenvalue weighted by Gasteiger charge is -2.39. The molecule has 184 valence electrons. The van der Waals surface area contributed by atoms with E-state index in [2.05, 4.69) is 5.32 Å². The van der Waals surface area contributed by atoms with Gasteiger partial charge in [0.1, 0.15) is 5.75 Å². The van der Waals surface area contributed by atoms with Gasteiger partial charge in [-0.2, -0.15) is 0 Å². The number of carbonyl (C=O) groups is 2. The maximum absolute atomic E-state index is 13.6. The first-order valence-electron chi connectivity index (χ1n) is 11.1. The summed E-state index contributed by atoms with van der Waals surface area (Å²) in [7, 11) is 2.87. The largest absolute Gasteiger partial charge is 0.508 e. The molecule has 1 amide bonds. The number of thioether (sulfide) groups is 1. The van der Waals surface area contributed by atoms with Crippen LogP contribution in [0.5, 0.6) is 17.2 Å². The van der Waals surface area contributed by atoms with Gasteiger partial charge in [-0.15, -0.1) is 0 Å². The highest BCUT2D eigenvalue weighted by Crippen LogP contribution is 2.47. The first-order chi connectivity index (χ1) is 16.7. The summed E-state index contributed by atoms with van der Waals surface area (Å²) in [6.45, 7) is 5.65. The Bertz CT molecular complexity index is 1200. The molecule has 2 aliphatic rings. The number of phenolic OH excluding ortho intramolecular Hbond substituents is 1. The van der Waals surface area contributed by atoms with Crippen molar-refractivity contribution in [3.05, 3.63) is 69.8 Å². The van der Waals surface area contributed by atoms with Crippen LogP contribution in [0.25, 0.3) is 6.08 Å². The summed E-state index contributed by atoms with van der Waals surface area (Å²) >= 11 is 1.37. The van der Waals surface area contributed by atoms with Crippen LogP contribution in [-0.4, -0.2) is 47.7 Å². The zero-order valence-corrected chi connectivity index (χ0v) is 21.0. The number of esters is 1. The molecule has 8 nitrogen and oxygen atoms in total. The fourth-order valence-electron chi connectivity index (χ4n) is 4.15. The number of hydrogen-bond donors (Lipinski definition) is 2. The standard InChI is InChI=1S/C26H28N2O6S/c1-14(2)34-19-11-8-17(13-20(19)32-4)23-22(25(31)33-5)15(3)27-26-28(23)24(30)21(35-26)12-16-6-9-18(29)10-7-16/h6-14,23,26-27,29H,1-5H3/b21-12-/t23-,26-/m0/s1. The number of amides is 1. The number of phenols is 1. The zero-order chi connectivity index (χ0) is 25.3. The van der Waals surface area contributed by atoms with E-state index in [9.17, 15) is 14.7 Å². The van der Waals surface area contributed by atoms with Crippen molar-refractivity contribution in [2.24, 2.45) is 0 Å². The molecular weight excluding hydrogens is 468 g/mol. The van der Waals surface area contributed by atoms with E-state index in [1.54, 1.807) is 61.4 Å². The number of hydrogen-bond acceptors (Lipinski definition) is 8. The summed E-state index contributed by atoms with van der Waals surface area (Å²) in [5.41, 5.74) is 2.05. The average Bonchev–Trinajstić information content (AvgIpc) is 3.13. The molecule has 4 rings (SSSR count). The third-order valence-electron chi connectivity index (χ3n) is 5.69. The molecule has 35 heavy (non-hydrogen) atoms. The third kappa shape index (κ3) is 4.81. The predicted octanol–water partition coefficient (Wildman–Crippen LogP) is 4.18. The number of rotatable bonds is 6. The summed E-state index contributed by atoms with van der Waals surface area (Å²) in [5.74, 6) is 0.493. The number of allylic oxidation sites excluding steroid dienone is 1. The Morgan fingerprint density at radius 1 is 1.14 bits per heavy atom. The van der Waals surface area contributed by atoms with Crippen molar-refractivity contribution in [2.75, 3.05) is 14.2 Å². The van der Waals surface area contributed by atoms with Gasteiger partial charge in [-0.1, -0.05) is 30.0 Å². The average molecular weight is 497 g/mol. The van der Waals surface area contributed by atoms with Crippen LogP contribution in [0.1, 0.15) is 37.9 Å². The third-order valence-corrected chi connectivity index (χ3v) is 6.81. The van der Waals surface area contributed by atoms with Gasteiger partial charge >= 0.3 is 5.97 Å². The Balaban J connectivity index is 1.79. The molecule has 0 unspecified atom stereocenters. The summed E-state index contributed by atoms with van der Waals surface area (Å²) in [6.07, 6.45) is 1.73. The van der Waals surface area contributed by atoms with Crippen molar-refractivity contribution < 1.29 is 28.9 Å². The highest BCUT2D eigenvalue weighted by atomic mass is 32.2. The van der Waals surface area contributed by atoms with Crippen LogP contribution in [0.15, 0.2) is 58.6 Å². The van der Waals surface area contributed by atoms with Crippen molar-refractivity contribution in [1.82, 2.24) is 10.2 Å². The van der Waals surface area contributed by atoms with E-state index in [4.69, 9.17) is 14.2 Å². The summed E-state index contributed by atoms with van der Waals surface area (Å²) in [4.78, 5) is 28.7. The van der Waals surface area contributed by atoms with E-state index < -0.39 is 17.5 Å². The summed E-state index contributed by atoms with van der Waals surface area (Å²) < 4.78 is 16.5. The minimum Gasteiger partial charge on any atom is -0.508 e. The minimum absolute atomic E-state index is 0.0464. The minimum atomic E-state index is -0.693. The second-order valence-electron chi connectivity index (χ2n) is 8.44. The van der Waals surface area contributed by atoms with Gasteiger partial charge in [0.15, 0.2) is 17.0 Å². The van der Waals surface area contributed by atoms with Crippen molar-refractivity contribution in [3.63, 3.8) is 0 Å². The monoisotopic (exact) mass is 496 g/mol. The Hall–Kier alpha value is -3.59. The Morgan fingerprint density at radius 3 is 2.49 bits per heavy atom. The van der Waals surface area contributed by atoms with Crippen molar-refractivity contribution in [2.45, 2.75) is 38.4 Å². The smallest absolute Gasteiger partial charge is 0.337 e. The number of nitrogens with zero attached hydrogens (tertiary/aromatic N) is 1. The molecule has 1 fully saturated rings. The molecule has 0 aliphatic carbocycles. The SMILES string of the molecule is COC(=O)C1=C(C)N[C@@H]2S/C(=C\c3ccc(O)cc3)C(=O)N2[C@H]1c1ccc(OC(C)C)c(OC)c1. The van der Waals surface area contributed by atoms with Gasteiger partial charge in [-0.25, -0.2) is 4.79 Å². The van der Waals surface area contributed by atoms with Crippen LogP contribution in [0, 0.1) is 0 Å². The molecule has 0 aromatic heterocycles. The van der Waals surface area contributed by atoms with Crippen molar-refractivity contribution in [3.8, 4) is 17.2 Å². The molecule has 2 aromatic rings. The second kappa shape index (κ2) is 9.95. The van der Waals surface area contributed by atoms with Crippen LogP contribution < -0.4 is 14.8 Å². The van der Waals surface area contributed by atoms with Crippen molar-refractivity contribution in [1.29, 1.82) is 0 Å². The fraction of sp³-hybridized carbons (Fsp3) is 0.308. The molecule has 1 saturated heterocycles. The molecule has 2 atom stereocenters. The topological polar surface area (TPSA) is 97.3 Å². The van der Waals surface area contributed by atoms with Gasteiger partial charge in [0.05, 0.1) is 36.8 Å². The number of benzene rings is 2. The highest BCUT2D eigenvalue weighted by Gasteiger charge is 2.48. The number of fused-ring (bicyclic) bond motifs is 1. The number of methoxy groups -OCH3 is 2. The van der Waals surface area contributed by atoms with Gasteiger partial charge in [0.25, 0.3) is 5.91 Å². The van der Waals surface area contributed by atoms with E-state index in [0.717, 1.165) is 5.56 Å². The fourth-order valence-corrected chi connectivity index (χ4v) is 5.36. The molecule has 2 heterocycles. The van der Waals surface area contributed by atoms with Crippen LogP contribution in [0.2, 0.25) is 0 Å². The van der Waals surface area contributed by atoms with E-state index >= 15 is 0 Å². The lowest BCUT2D eigenvalue weighted by atomic mass is 9.93. The van der Waals surface area contributed by atoms with Gasteiger partial charge in [-0.3, -0.25) is 9.69 Å². The normalized spacial score (nSPS) is 20.7. The molecule has 2 aliphatic heterocycles. The second-order valence-corrected chi connectivity index (χ2v) is 9.56. The van der Waals surface area contributed by atoms with Gasteiger partial charge < -0.3 is 24.6 Å². The van der Waals surface area contributed by atoms with Crippen LogP contribution in [0.4, 0.5) is 0 Å². The van der Waals surface area contributed by atoms with Gasteiger partial charge in [-0.05, 0) is 62.2 Å². The van der Waals surface area contributed by atoms with E-state index in [0.29, 0.717) is 33.2 Å². The van der Waals surface area contributed by atoms with Crippen molar-refractivity contribution >= 4 is 29.7 Å². The molecule has 9 heteroatoms. The maximum atomic E-state index is 13.6. The molecular formula is C26H28N2O6S. The first kappa shape index (κ1) is 24.5. The summed E-state index contributed by atoms with van der Waals surface area (Å²) in [5, 5.41) is 12.8. The lowest BCUT2D eigenvalue weighted by molar-refractivity contribution is -0.138. The Kier molecular flexibility index (Phi) is 6.98. The predicted molar refractivity (Wildman–Crippen MR) is 134 cm³/mol. The zero-order valence-electron chi connectivity index (χ0n) is 20.2. The van der Waals surface area contributed by atoms with E-state index in [1.165, 1.54) is 18.9 Å². The molecule has 0 radical (unpaired) electrons. The van der Waals surface area contributed by atoms with E-state index in [1.807, 2.05) is 19.9 Å². The van der Waals surface area contributed by atoms with Crippen LogP contribution >= 0.6 is 11.8 Å². The first-order valence-corrected chi connectivity index (χ1v) is 12.0. The van der Waals surface area contributed by atoms with E-state index in [-0.39, 0.29) is 17.8 Å². The quantitative estimate of drug-likeness (QED) is 0.454.